The molecule has 2 saturated carbocycles. The molecule has 11 nitrogen and oxygen atoms in total. The molecule has 4 unspecified atom stereocenters. The molecule has 0 heterocycles. The van der Waals surface area contributed by atoms with Crippen molar-refractivity contribution in [3.63, 3.8) is 0 Å². The minimum Gasteiger partial charge on any atom is -0.396 e. The van der Waals surface area contributed by atoms with Crippen LogP contribution in [0.25, 0.3) is 0 Å². The summed E-state index contributed by atoms with van der Waals surface area (Å²) in [5.74, 6) is 1.45. The van der Waals surface area contributed by atoms with Gasteiger partial charge >= 0.3 is 15.6 Å². The largest absolute Gasteiger partial charge is 0.477 e. The maximum atomic E-state index is 12.8. The number of aliphatic hydroxyl groups excluding tert-OH is 2. The van der Waals surface area contributed by atoms with Gasteiger partial charge in [-0.25, -0.2) is 9.13 Å². The number of hydrogen-bond acceptors (Lipinski definition) is 11. The Bertz CT molecular complexity index is 759. The molecule has 2 rings (SSSR count). The van der Waals surface area contributed by atoms with E-state index in [1.54, 1.807) is 6.92 Å². The van der Waals surface area contributed by atoms with E-state index in [-0.39, 0.29) is 43.5 Å². The summed E-state index contributed by atoms with van der Waals surface area (Å²) < 4.78 is 62.9. The van der Waals surface area contributed by atoms with Gasteiger partial charge < -0.3 is 19.8 Å². The predicted molar refractivity (Wildman–Crippen MR) is 162 cm³/mol. The number of unbranched alkanes of at least 4 members (excludes halogenated alkanes) is 3. The number of hydrogen-bond donors (Lipinski definition) is 4. The van der Waals surface area contributed by atoms with Gasteiger partial charge in [0.05, 0.1) is 41.0 Å². The van der Waals surface area contributed by atoms with E-state index < -0.39 is 41.0 Å². The van der Waals surface area contributed by atoms with Crippen LogP contribution >= 0.6 is 28.3 Å². The van der Waals surface area contributed by atoms with Crippen molar-refractivity contribution in [2.24, 2.45) is 11.3 Å². The molecule has 0 radical (unpaired) electrons. The Hall–Kier alpha value is 0.969. The van der Waals surface area contributed by atoms with Gasteiger partial charge in [-0.15, -0.1) is 0 Å². The van der Waals surface area contributed by atoms with E-state index in [0.29, 0.717) is 18.9 Å². The molecule has 0 amide bonds. The van der Waals surface area contributed by atoms with Gasteiger partial charge in [-0.3, -0.25) is 22.6 Å². The molecule has 4 atom stereocenters. The third kappa shape index (κ3) is 22.5. The molecule has 15 heteroatoms. The molecule has 2 fully saturated rings. The van der Waals surface area contributed by atoms with Crippen molar-refractivity contribution in [1.82, 2.24) is 0 Å². The molecule has 0 saturated heterocycles. The van der Waals surface area contributed by atoms with Crippen molar-refractivity contribution >= 4 is 28.3 Å². The summed E-state index contributed by atoms with van der Waals surface area (Å²) in [4.78, 5) is 9.98. The molecule has 254 valence electrons. The van der Waals surface area contributed by atoms with Gasteiger partial charge in [-0.2, -0.15) is 12.6 Å². The molecule has 0 aliphatic heterocycles. The molecule has 0 aromatic carbocycles. The van der Waals surface area contributed by atoms with Gasteiger partial charge in [0.15, 0.2) is 6.79 Å². The van der Waals surface area contributed by atoms with E-state index in [1.807, 2.05) is 0 Å². The second-order valence-electron chi connectivity index (χ2n) is 11.1. The van der Waals surface area contributed by atoms with E-state index in [9.17, 15) is 19.1 Å². The molecule has 0 bridgehead atoms. The van der Waals surface area contributed by atoms with E-state index in [1.165, 1.54) is 44.9 Å². The third-order valence-electron chi connectivity index (χ3n) is 7.04. The van der Waals surface area contributed by atoms with E-state index in [2.05, 4.69) is 12.6 Å². The minimum atomic E-state index is -4.66. The average molecular weight is 709 g/mol. The van der Waals surface area contributed by atoms with Crippen LogP contribution in [0.4, 0.5) is 0 Å². The Balaban J connectivity index is 0.00000265. The molecular weight excluding hydrogens is 650 g/mol. The summed E-state index contributed by atoms with van der Waals surface area (Å²) in [5, 5.41) is 18.8. The molecule has 0 aromatic rings. The van der Waals surface area contributed by atoms with Crippen molar-refractivity contribution in [2.75, 3.05) is 58.8 Å². The first kappa shape index (κ1) is 41.0. The molecular formula is C27H56FeO11P2S. The van der Waals surface area contributed by atoms with Crippen LogP contribution < -0.4 is 0 Å². The van der Waals surface area contributed by atoms with Crippen molar-refractivity contribution in [3.8, 4) is 0 Å². The molecule has 0 spiro atoms. The maximum Gasteiger partial charge on any atom is 0.477 e. The fourth-order valence-corrected chi connectivity index (χ4v) is 6.53. The average Bonchev–Trinajstić information content (AvgIpc) is 3.72. The van der Waals surface area contributed by atoms with Gasteiger partial charge in [0.1, 0.15) is 0 Å². The van der Waals surface area contributed by atoms with Crippen LogP contribution in [-0.4, -0.2) is 73.9 Å². The van der Waals surface area contributed by atoms with Gasteiger partial charge in [0.25, 0.3) is 0 Å². The van der Waals surface area contributed by atoms with Crippen LogP contribution in [0.15, 0.2) is 0 Å². The first-order chi connectivity index (χ1) is 20.1. The zero-order chi connectivity index (χ0) is 31.2. The van der Waals surface area contributed by atoms with Crippen molar-refractivity contribution in [2.45, 2.75) is 103 Å². The number of phosphoric acid groups is 2. The molecule has 42 heavy (non-hydrogen) atoms. The van der Waals surface area contributed by atoms with Crippen molar-refractivity contribution in [3.05, 3.63) is 0 Å². The molecule has 0 aromatic heterocycles. The topological polar surface area (TPSA) is 150 Å². The van der Waals surface area contributed by atoms with E-state index in [0.717, 1.165) is 50.7 Å². The number of phosphoric ester groups is 2. The monoisotopic (exact) mass is 708 g/mol. The Morgan fingerprint density at radius 2 is 1.48 bits per heavy atom. The van der Waals surface area contributed by atoms with Crippen LogP contribution in [0.2, 0.25) is 0 Å². The standard InChI is InChI=1S/C22H46O11P2S.C5H10.Fe/c1-22(17-24,18-28-13-6-2-3-7-16-36)19-31-34(25,26)32-20-33-35(27,30-15-12-23)29-14-8-11-21-9-4-5-10-21;1-2-4-5-3-1;/h21,23-24,36H,2-20H2,1H3,(H,25,26);1-5H2;/i15T;;. The summed E-state index contributed by atoms with van der Waals surface area (Å²) in [6.45, 7) is -1.76. The summed E-state index contributed by atoms with van der Waals surface area (Å²) in [5.41, 5.74) is -0.950. The van der Waals surface area contributed by atoms with Gasteiger partial charge in [-0.1, -0.05) is 77.6 Å². The number of aliphatic hydroxyl groups is 2. The van der Waals surface area contributed by atoms with Crippen LogP contribution in [0, 0.1) is 11.3 Å². The minimum absolute atomic E-state index is 0. The van der Waals surface area contributed by atoms with E-state index in [4.69, 9.17) is 33.8 Å². The Morgan fingerprint density at radius 3 is 2.07 bits per heavy atom. The summed E-state index contributed by atoms with van der Waals surface area (Å²) in [7, 11) is -9.01. The Labute approximate surface area is 271 Å². The van der Waals surface area contributed by atoms with Gasteiger partial charge in [0, 0.05) is 29.1 Å². The normalized spacial score (nSPS) is 20.8. The summed E-state index contributed by atoms with van der Waals surface area (Å²) in [6, 6.07) is 0. The zero-order valence-corrected chi connectivity index (χ0v) is 29.0. The van der Waals surface area contributed by atoms with Crippen LogP contribution in [0.1, 0.15) is 105 Å². The molecule has 2 aliphatic carbocycles. The Kier molecular flexibility index (Phi) is 25.5. The van der Waals surface area contributed by atoms with Crippen LogP contribution in [0.3, 0.4) is 0 Å². The predicted octanol–water partition coefficient (Wildman–Crippen LogP) is 6.65. The van der Waals surface area contributed by atoms with Crippen LogP contribution in [0.5, 0.6) is 0 Å². The van der Waals surface area contributed by atoms with Crippen molar-refractivity contribution < 1.29 is 70.0 Å². The van der Waals surface area contributed by atoms with Crippen LogP contribution in [-0.2, 0) is 53.6 Å². The maximum absolute atomic E-state index is 12.8. The molecule has 3 N–H and O–H groups in total. The summed E-state index contributed by atoms with van der Waals surface area (Å²) >= 11 is 4.17. The zero-order valence-electron chi connectivity index (χ0n) is 26.2. The summed E-state index contributed by atoms with van der Waals surface area (Å²) in [6.07, 6.45) is 17.7. The van der Waals surface area contributed by atoms with E-state index >= 15 is 0 Å². The smallest absolute Gasteiger partial charge is 0.396 e. The fraction of sp³-hybridized carbons (Fsp3) is 1.00. The first-order valence-corrected chi connectivity index (χ1v) is 18.7. The third-order valence-corrected chi connectivity index (χ3v) is 9.57. The van der Waals surface area contributed by atoms with Gasteiger partial charge in [0.2, 0.25) is 0 Å². The second kappa shape index (κ2) is 26.1. The van der Waals surface area contributed by atoms with Crippen molar-refractivity contribution in [1.29, 1.82) is 0 Å². The SMILES string of the molecule is C1CCCC1.[3H]C(CO)OP(=O)(OCCCC1CCCC1)OCOP(=O)(O)OCC(C)(CO)COCCCCCCS.[Fe]. The number of thiol groups is 1. The fourth-order valence-electron chi connectivity index (χ4n) is 4.50. The number of ether oxygens (including phenoxy) is 1. The quantitative estimate of drug-likeness (QED) is 0.0281. The Morgan fingerprint density at radius 1 is 0.833 bits per heavy atom. The first-order valence-electron chi connectivity index (χ1n) is 15.7. The van der Waals surface area contributed by atoms with Gasteiger partial charge in [-0.05, 0) is 37.4 Å². The molecule has 2 aliphatic rings. The number of rotatable bonds is 24. The second-order valence-corrected chi connectivity index (χ2v) is 14.6.